The maximum atomic E-state index is 11.8. The molecule has 3 nitrogen and oxygen atoms in total. The number of carbonyl (C=O) groups excluding carboxylic acids is 1. The molecule has 1 N–H and O–H groups in total. The summed E-state index contributed by atoms with van der Waals surface area (Å²) in [5.41, 5.74) is 1.23. The van der Waals surface area contributed by atoms with Crippen LogP contribution in [0.2, 0.25) is 0 Å². The highest BCUT2D eigenvalue weighted by Gasteiger charge is 2.18. The molecule has 0 saturated heterocycles. The number of esters is 1. The van der Waals surface area contributed by atoms with Crippen LogP contribution in [0.3, 0.4) is 0 Å². The highest BCUT2D eigenvalue weighted by molar-refractivity contribution is 5.72. The van der Waals surface area contributed by atoms with Gasteiger partial charge in [0, 0.05) is 6.61 Å². The molecule has 3 heteroatoms. The Hall–Kier alpha value is -1.35. The molecule has 0 aromatic heterocycles. The van der Waals surface area contributed by atoms with Gasteiger partial charge in [-0.25, -0.2) is 0 Å². The molecule has 0 bridgehead atoms. The minimum Gasteiger partial charge on any atom is -0.466 e. The van der Waals surface area contributed by atoms with Gasteiger partial charge in [0.15, 0.2) is 0 Å². The van der Waals surface area contributed by atoms with Gasteiger partial charge in [0.2, 0.25) is 0 Å². The SMILES string of the molecule is CCOC(=O)C(CCCO)CCc1ccccc1. The molecule has 1 aromatic rings. The van der Waals surface area contributed by atoms with E-state index >= 15 is 0 Å². The van der Waals surface area contributed by atoms with Gasteiger partial charge in [-0.3, -0.25) is 4.79 Å². The van der Waals surface area contributed by atoms with E-state index in [0.29, 0.717) is 19.4 Å². The molecule has 0 aliphatic heterocycles. The standard InChI is InChI=1S/C15H22O3/c1-2-18-15(17)14(9-6-12-16)11-10-13-7-4-3-5-8-13/h3-5,7-8,14,16H,2,6,9-12H2,1H3. The summed E-state index contributed by atoms with van der Waals surface area (Å²) in [6.07, 6.45) is 3.00. The number of aliphatic hydroxyl groups is 1. The van der Waals surface area contributed by atoms with E-state index in [4.69, 9.17) is 9.84 Å². The summed E-state index contributed by atoms with van der Waals surface area (Å²) in [4.78, 5) is 11.8. The summed E-state index contributed by atoms with van der Waals surface area (Å²) in [6, 6.07) is 10.1. The van der Waals surface area contributed by atoms with E-state index in [1.54, 1.807) is 0 Å². The van der Waals surface area contributed by atoms with Gasteiger partial charge in [0.1, 0.15) is 0 Å². The van der Waals surface area contributed by atoms with Gasteiger partial charge >= 0.3 is 5.97 Å². The Morgan fingerprint density at radius 2 is 2.00 bits per heavy atom. The molecule has 1 aromatic carbocycles. The van der Waals surface area contributed by atoms with Crippen molar-refractivity contribution in [2.45, 2.75) is 32.6 Å². The van der Waals surface area contributed by atoms with Gasteiger partial charge in [-0.15, -0.1) is 0 Å². The van der Waals surface area contributed by atoms with Crippen LogP contribution < -0.4 is 0 Å². The monoisotopic (exact) mass is 250 g/mol. The molecule has 0 aliphatic carbocycles. The van der Waals surface area contributed by atoms with E-state index in [1.165, 1.54) is 5.56 Å². The van der Waals surface area contributed by atoms with Crippen molar-refractivity contribution in [3.05, 3.63) is 35.9 Å². The van der Waals surface area contributed by atoms with Crippen molar-refractivity contribution in [2.24, 2.45) is 5.92 Å². The van der Waals surface area contributed by atoms with Crippen molar-refractivity contribution in [3.63, 3.8) is 0 Å². The molecule has 0 aliphatic rings. The zero-order chi connectivity index (χ0) is 13.2. The minimum absolute atomic E-state index is 0.0997. The third kappa shape index (κ3) is 5.32. The van der Waals surface area contributed by atoms with Crippen LogP contribution >= 0.6 is 0 Å². The van der Waals surface area contributed by atoms with Crippen LogP contribution in [-0.4, -0.2) is 24.3 Å². The average Bonchev–Trinajstić information content (AvgIpc) is 2.40. The molecule has 0 fully saturated rings. The smallest absolute Gasteiger partial charge is 0.308 e. The number of rotatable bonds is 8. The van der Waals surface area contributed by atoms with Gasteiger partial charge in [-0.1, -0.05) is 30.3 Å². The first kappa shape index (κ1) is 14.7. The molecule has 1 atom stereocenters. The zero-order valence-electron chi connectivity index (χ0n) is 11.0. The van der Waals surface area contributed by atoms with Gasteiger partial charge in [0.05, 0.1) is 12.5 Å². The third-order valence-corrected chi connectivity index (χ3v) is 2.95. The largest absolute Gasteiger partial charge is 0.466 e. The summed E-state index contributed by atoms with van der Waals surface area (Å²) in [5.74, 6) is -0.237. The summed E-state index contributed by atoms with van der Waals surface area (Å²) < 4.78 is 5.07. The maximum absolute atomic E-state index is 11.8. The van der Waals surface area contributed by atoms with Crippen molar-refractivity contribution in [1.82, 2.24) is 0 Å². The van der Waals surface area contributed by atoms with Crippen LogP contribution in [0.4, 0.5) is 0 Å². The fraction of sp³-hybridized carbons (Fsp3) is 0.533. The molecular formula is C15H22O3. The van der Waals surface area contributed by atoms with Crippen LogP contribution in [0.5, 0.6) is 0 Å². The zero-order valence-corrected chi connectivity index (χ0v) is 11.0. The Labute approximate surface area is 109 Å². The van der Waals surface area contributed by atoms with E-state index in [1.807, 2.05) is 25.1 Å². The first-order valence-electron chi connectivity index (χ1n) is 6.59. The van der Waals surface area contributed by atoms with Gasteiger partial charge in [-0.05, 0) is 38.2 Å². The van der Waals surface area contributed by atoms with Crippen molar-refractivity contribution < 1.29 is 14.6 Å². The van der Waals surface area contributed by atoms with Crippen molar-refractivity contribution in [1.29, 1.82) is 0 Å². The molecule has 1 rings (SSSR count). The van der Waals surface area contributed by atoms with Crippen LogP contribution in [0.25, 0.3) is 0 Å². The topological polar surface area (TPSA) is 46.5 Å². The normalized spacial score (nSPS) is 12.1. The molecule has 0 heterocycles. The molecule has 18 heavy (non-hydrogen) atoms. The molecule has 1 unspecified atom stereocenters. The molecular weight excluding hydrogens is 228 g/mol. The molecule has 0 saturated carbocycles. The molecule has 100 valence electrons. The van der Waals surface area contributed by atoms with E-state index in [9.17, 15) is 4.79 Å². The highest BCUT2D eigenvalue weighted by atomic mass is 16.5. The number of benzene rings is 1. The summed E-state index contributed by atoms with van der Waals surface area (Å²) in [7, 11) is 0. The lowest BCUT2D eigenvalue weighted by Gasteiger charge is -2.14. The van der Waals surface area contributed by atoms with Gasteiger partial charge < -0.3 is 9.84 Å². The minimum atomic E-state index is -0.137. The second-order valence-electron chi connectivity index (χ2n) is 4.34. The number of aryl methyl sites for hydroxylation is 1. The first-order chi connectivity index (χ1) is 8.77. The number of hydrogen-bond donors (Lipinski definition) is 1. The van der Waals surface area contributed by atoms with Crippen LogP contribution in [0, 0.1) is 5.92 Å². The maximum Gasteiger partial charge on any atom is 0.308 e. The van der Waals surface area contributed by atoms with E-state index in [-0.39, 0.29) is 18.5 Å². The van der Waals surface area contributed by atoms with E-state index in [2.05, 4.69) is 12.1 Å². The van der Waals surface area contributed by atoms with Crippen LogP contribution in [-0.2, 0) is 16.0 Å². The fourth-order valence-electron chi connectivity index (χ4n) is 1.96. The average molecular weight is 250 g/mol. The predicted octanol–water partition coefficient (Wildman–Crippen LogP) is 2.57. The lowest BCUT2D eigenvalue weighted by atomic mass is 9.95. The van der Waals surface area contributed by atoms with E-state index in [0.717, 1.165) is 12.8 Å². The quantitative estimate of drug-likeness (QED) is 0.721. The van der Waals surface area contributed by atoms with Crippen molar-refractivity contribution in [2.75, 3.05) is 13.2 Å². The number of carbonyl (C=O) groups is 1. The molecule has 0 amide bonds. The van der Waals surface area contributed by atoms with Crippen LogP contribution in [0.15, 0.2) is 30.3 Å². The predicted molar refractivity (Wildman–Crippen MR) is 71.2 cm³/mol. The van der Waals surface area contributed by atoms with Crippen LogP contribution in [0.1, 0.15) is 31.7 Å². The summed E-state index contributed by atoms with van der Waals surface area (Å²) in [6.45, 7) is 2.36. The Bertz CT molecular complexity index is 335. The second kappa shape index (κ2) is 8.70. The van der Waals surface area contributed by atoms with Crippen molar-refractivity contribution >= 4 is 5.97 Å². The third-order valence-electron chi connectivity index (χ3n) is 2.95. The number of hydrogen-bond acceptors (Lipinski definition) is 3. The first-order valence-corrected chi connectivity index (χ1v) is 6.59. The van der Waals surface area contributed by atoms with Crippen molar-refractivity contribution in [3.8, 4) is 0 Å². The Morgan fingerprint density at radius 3 is 2.61 bits per heavy atom. The number of aliphatic hydroxyl groups excluding tert-OH is 1. The fourth-order valence-corrected chi connectivity index (χ4v) is 1.96. The van der Waals surface area contributed by atoms with Gasteiger partial charge in [0.25, 0.3) is 0 Å². The Kier molecular flexibility index (Phi) is 7.11. The van der Waals surface area contributed by atoms with Gasteiger partial charge in [-0.2, -0.15) is 0 Å². The summed E-state index contributed by atoms with van der Waals surface area (Å²) in [5, 5.41) is 8.86. The lowest BCUT2D eigenvalue weighted by Crippen LogP contribution is -2.19. The summed E-state index contributed by atoms with van der Waals surface area (Å²) >= 11 is 0. The number of ether oxygens (including phenoxy) is 1. The second-order valence-corrected chi connectivity index (χ2v) is 4.34. The molecule has 0 spiro atoms. The lowest BCUT2D eigenvalue weighted by molar-refractivity contribution is -0.148. The Balaban J connectivity index is 2.47. The van der Waals surface area contributed by atoms with E-state index < -0.39 is 0 Å². The Morgan fingerprint density at radius 1 is 1.28 bits per heavy atom. The molecule has 0 radical (unpaired) electrons. The highest BCUT2D eigenvalue weighted by Crippen LogP contribution is 2.17.